The Morgan fingerprint density at radius 1 is 0.974 bits per heavy atom. The number of H-pyrrole nitrogens is 1. The molecule has 38 heavy (non-hydrogen) atoms. The molecular weight excluding hydrogens is 576 g/mol. The third-order valence-electron chi connectivity index (χ3n) is 4.61. The van der Waals surface area contributed by atoms with Gasteiger partial charge in [0.15, 0.2) is 5.65 Å². The lowest BCUT2D eigenvalue weighted by atomic mass is 10.2. The summed E-state index contributed by atoms with van der Waals surface area (Å²) in [5.41, 5.74) is 0.0731. The van der Waals surface area contributed by atoms with E-state index in [0.717, 1.165) is 18.2 Å². The predicted octanol–water partition coefficient (Wildman–Crippen LogP) is 7.09. The van der Waals surface area contributed by atoms with Crippen LogP contribution < -0.4 is 20.7 Å². The number of ether oxygens (including phenoxy) is 2. The van der Waals surface area contributed by atoms with Crippen LogP contribution in [0.2, 0.25) is 5.02 Å². The molecule has 0 radical (unpaired) electrons. The van der Waals surface area contributed by atoms with E-state index in [-0.39, 0.29) is 41.5 Å². The molecule has 0 bridgehead atoms. The molecule has 4 aromatic rings. The first-order valence-electron chi connectivity index (χ1n) is 10.0. The predicted molar refractivity (Wildman–Crippen MR) is 140 cm³/mol. The summed E-state index contributed by atoms with van der Waals surface area (Å²) in [5.74, 6) is 0.936. The van der Waals surface area contributed by atoms with Crippen LogP contribution in [0.5, 0.6) is 11.5 Å². The van der Waals surface area contributed by atoms with Crippen molar-refractivity contribution in [2.75, 3.05) is 23.1 Å². The fraction of sp³-hybridized carbons (Fsp3) is 0.0909. The Hall–Kier alpha value is -3.94. The summed E-state index contributed by atoms with van der Waals surface area (Å²) < 4.78 is 49.0. The Kier molecular flexibility index (Phi) is 9.99. The molecule has 0 unspecified atom stereocenters. The third-order valence-corrected chi connectivity index (χ3v) is 4.94. The van der Waals surface area contributed by atoms with Crippen LogP contribution >= 0.6 is 36.4 Å². The van der Waals surface area contributed by atoms with Crippen molar-refractivity contribution in [3.8, 4) is 11.5 Å². The number of nitrogens with zero attached hydrogens (tertiary/aromatic N) is 2. The number of aromatic amines is 1. The van der Waals surface area contributed by atoms with Crippen LogP contribution in [0.4, 0.5) is 40.1 Å². The molecule has 2 aromatic heterocycles. The molecule has 4 N–H and O–H groups in total. The number of halogens is 6. The van der Waals surface area contributed by atoms with Crippen molar-refractivity contribution in [3.05, 3.63) is 65.3 Å². The number of fused-ring (bicyclic) bond motifs is 1. The first kappa shape index (κ1) is 30.3. The Balaban J connectivity index is 0.00000253. The Labute approximate surface area is 230 Å². The van der Waals surface area contributed by atoms with E-state index >= 15 is 0 Å². The molecule has 0 saturated carbocycles. The van der Waals surface area contributed by atoms with Gasteiger partial charge in [-0.3, -0.25) is 5.32 Å². The average molecular weight is 594 g/mol. The number of amides is 3. The Morgan fingerprint density at radius 2 is 1.68 bits per heavy atom. The fourth-order valence-electron chi connectivity index (χ4n) is 2.97. The van der Waals surface area contributed by atoms with Crippen molar-refractivity contribution in [1.82, 2.24) is 15.0 Å². The number of aromatic nitrogens is 3. The number of urea groups is 1. The highest BCUT2D eigenvalue weighted by molar-refractivity contribution is 6.33. The van der Waals surface area contributed by atoms with Gasteiger partial charge in [0, 0.05) is 11.8 Å². The van der Waals surface area contributed by atoms with Gasteiger partial charge in [0.1, 0.15) is 11.5 Å². The smallest absolute Gasteiger partial charge is 0.416 e. The first-order chi connectivity index (χ1) is 17.1. The van der Waals surface area contributed by atoms with Crippen LogP contribution in [-0.4, -0.2) is 34.2 Å². The molecule has 2 aromatic carbocycles. The standard InChI is InChI=1S/C22H16ClF3N6O4.2ClH/c1-35-21(34)32-19-29-17-9-14(10-27-18(17)31-19)36-13-5-3-12(4-6-13)28-20(33)30-16-8-11(22(24,25)26)2-7-15(16)23;;/h2-10H,1H3,(H2,28,30,33)(H2,27,29,31,32,34);2*1H. The van der Waals surface area contributed by atoms with E-state index in [0.29, 0.717) is 28.4 Å². The number of pyridine rings is 1. The summed E-state index contributed by atoms with van der Waals surface area (Å²) in [7, 11) is 1.22. The summed E-state index contributed by atoms with van der Waals surface area (Å²) in [4.78, 5) is 34.6. The zero-order chi connectivity index (χ0) is 25.9. The molecule has 3 amide bonds. The largest absolute Gasteiger partial charge is 0.456 e. The summed E-state index contributed by atoms with van der Waals surface area (Å²) in [6, 6.07) is 9.65. The lowest BCUT2D eigenvalue weighted by Gasteiger charge is -2.12. The number of carbonyl (C=O) groups is 2. The maximum Gasteiger partial charge on any atom is 0.416 e. The van der Waals surface area contributed by atoms with Gasteiger partial charge in [-0.05, 0) is 42.5 Å². The van der Waals surface area contributed by atoms with Crippen molar-refractivity contribution in [2.45, 2.75) is 6.18 Å². The topological polar surface area (TPSA) is 130 Å². The van der Waals surface area contributed by atoms with Crippen LogP contribution in [-0.2, 0) is 10.9 Å². The molecular formula is C22H18Cl3F3N6O4. The monoisotopic (exact) mass is 592 g/mol. The number of anilines is 3. The van der Waals surface area contributed by atoms with Gasteiger partial charge in [0.25, 0.3) is 0 Å². The number of alkyl halides is 3. The number of hydrogen-bond acceptors (Lipinski definition) is 6. The molecule has 4 rings (SSSR count). The third kappa shape index (κ3) is 7.54. The van der Waals surface area contributed by atoms with Crippen LogP contribution in [0.15, 0.2) is 54.7 Å². The summed E-state index contributed by atoms with van der Waals surface area (Å²) in [5, 5.41) is 7.14. The minimum Gasteiger partial charge on any atom is -0.456 e. The number of methoxy groups -OCH3 is 1. The van der Waals surface area contributed by atoms with Crippen molar-refractivity contribution in [3.63, 3.8) is 0 Å². The summed E-state index contributed by atoms with van der Waals surface area (Å²) in [6.07, 6.45) is -3.83. The second-order valence-electron chi connectivity index (χ2n) is 7.14. The van der Waals surface area contributed by atoms with Crippen LogP contribution in [0.1, 0.15) is 5.56 Å². The van der Waals surface area contributed by atoms with E-state index in [9.17, 15) is 22.8 Å². The van der Waals surface area contributed by atoms with Gasteiger partial charge < -0.3 is 25.1 Å². The minimum atomic E-state index is -4.58. The van der Waals surface area contributed by atoms with Crippen LogP contribution in [0, 0.1) is 0 Å². The van der Waals surface area contributed by atoms with Crippen LogP contribution in [0.25, 0.3) is 11.2 Å². The van der Waals surface area contributed by atoms with E-state index in [4.69, 9.17) is 16.3 Å². The first-order valence-corrected chi connectivity index (χ1v) is 10.4. The molecule has 0 saturated heterocycles. The zero-order valence-electron chi connectivity index (χ0n) is 19.1. The van der Waals surface area contributed by atoms with E-state index < -0.39 is 23.9 Å². The van der Waals surface area contributed by atoms with Gasteiger partial charge in [-0.15, -0.1) is 24.8 Å². The van der Waals surface area contributed by atoms with Gasteiger partial charge >= 0.3 is 18.3 Å². The van der Waals surface area contributed by atoms with Crippen molar-refractivity contribution < 1.29 is 32.2 Å². The fourth-order valence-corrected chi connectivity index (χ4v) is 3.13. The van der Waals surface area contributed by atoms with E-state index in [1.165, 1.54) is 25.4 Å². The molecule has 2 heterocycles. The molecule has 0 atom stereocenters. The van der Waals surface area contributed by atoms with Gasteiger partial charge in [-0.1, -0.05) is 11.6 Å². The number of benzene rings is 2. The molecule has 0 fully saturated rings. The van der Waals surface area contributed by atoms with Gasteiger partial charge in [-0.2, -0.15) is 18.2 Å². The van der Waals surface area contributed by atoms with Crippen molar-refractivity contribution in [1.29, 1.82) is 0 Å². The molecule has 0 aliphatic heterocycles. The number of rotatable bonds is 5. The van der Waals surface area contributed by atoms with E-state index in [1.54, 1.807) is 18.2 Å². The maximum absolute atomic E-state index is 12.9. The number of imidazole rings is 1. The Bertz CT molecular complexity index is 1430. The minimum absolute atomic E-state index is 0. The highest BCUT2D eigenvalue weighted by Crippen LogP contribution is 2.34. The normalized spacial score (nSPS) is 10.6. The van der Waals surface area contributed by atoms with Gasteiger partial charge in [0.2, 0.25) is 5.95 Å². The highest BCUT2D eigenvalue weighted by Gasteiger charge is 2.31. The van der Waals surface area contributed by atoms with Gasteiger partial charge in [0.05, 0.1) is 35.1 Å². The molecule has 10 nitrogen and oxygen atoms in total. The summed E-state index contributed by atoms with van der Waals surface area (Å²) >= 11 is 5.90. The van der Waals surface area contributed by atoms with Crippen molar-refractivity contribution in [2.24, 2.45) is 0 Å². The van der Waals surface area contributed by atoms with Gasteiger partial charge in [-0.25, -0.2) is 14.6 Å². The second kappa shape index (κ2) is 12.5. The lowest BCUT2D eigenvalue weighted by Crippen LogP contribution is -2.20. The quantitative estimate of drug-likeness (QED) is 0.195. The number of hydrogen-bond donors (Lipinski definition) is 4. The van der Waals surface area contributed by atoms with Crippen LogP contribution in [0.3, 0.4) is 0 Å². The molecule has 202 valence electrons. The maximum atomic E-state index is 12.9. The lowest BCUT2D eigenvalue weighted by molar-refractivity contribution is -0.137. The second-order valence-corrected chi connectivity index (χ2v) is 7.55. The SMILES string of the molecule is COC(=O)Nc1nc2ncc(Oc3ccc(NC(=O)Nc4cc(C(F)(F)F)ccc4Cl)cc3)cc2[nH]1.Cl.Cl. The molecule has 0 aliphatic rings. The number of nitrogens with one attached hydrogen (secondary N) is 4. The molecule has 0 aliphatic carbocycles. The number of carbonyl (C=O) groups excluding carboxylic acids is 2. The highest BCUT2D eigenvalue weighted by atomic mass is 35.5. The van der Waals surface area contributed by atoms with Crippen molar-refractivity contribution >= 4 is 77.0 Å². The summed E-state index contributed by atoms with van der Waals surface area (Å²) in [6.45, 7) is 0. The van der Waals surface area contributed by atoms with E-state index in [2.05, 4.69) is 35.6 Å². The average Bonchev–Trinajstić information content (AvgIpc) is 3.22. The Morgan fingerprint density at radius 3 is 2.34 bits per heavy atom. The molecule has 0 spiro atoms. The van der Waals surface area contributed by atoms with E-state index in [1.807, 2.05) is 0 Å². The molecule has 16 heteroatoms. The zero-order valence-corrected chi connectivity index (χ0v) is 21.4.